The zero-order valence-electron chi connectivity index (χ0n) is 24.8. The molecule has 1 atom stereocenters. The largest absolute Gasteiger partial charge is 0.490 e. The van der Waals surface area contributed by atoms with Crippen LogP contribution in [-0.2, 0) is 20.6 Å². The predicted molar refractivity (Wildman–Crippen MR) is 134 cm³/mol. The van der Waals surface area contributed by atoms with Crippen LogP contribution >= 0.6 is 0 Å². The molecule has 0 aliphatic rings. The molecule has 22 heteroatoms. The van der Waals surface area contributed by atoms with Gasteiger partial charge in [-0.3, -0.25) is 0 Å². The molecule has 0 radical (unpaired) electrons. The van der Waals surface area contributed by atoms with E-state index in [2.05, 4.69) is 26.4 Å². The minimum absolute atomic E-state index is 0.0323. The monoisotopic (exact) mass is 746 g/mol. The maximum atomic E-state index is 14.0. The normalized spacial score (nSPS) is 14.6. The first-order chi connectivity index (χ1) is 22.3. The third kappa shape index (κ3) is 10.9. The van der Waals surface area contributed by atoms with E-state index in [0.717, 1.165) is 37.7 Å². The van der Waals surface area contributed by atoms with E-state index >= 15 is 0 Å². The third-order valence-corrected chi connectivity index (χ3v) is 6.13. The standard InChI is InChI=1S/C27H26F16N2O4/c1-2-3-4-5-6-16-11-44-20(45-12-16)17-7-9-19(10-8-17)47-14-18(28)13-46-15-21(29,30)48-26(40,41)27(42,43)49-25(38,39)23(33,34)22(31,32)24(35,36)37/h7-12,18H,2-6,13-15H2,1H3. The summed E-state index contributed by atoms with van der Waals surface area (Å²) < 4.78 is 223. The molecule has 1 heterocycles. The van der Waals surface area contributed by atoms with Crippen LogP contribution in [0, 0.1) is 0 Å². The van der Waals surface area contributed by atoms with Crippen LogP contribution in [0.3, 0.4) is 0 Å². The summed E-state index contributed by atoms with van der Waals surface area (Å²) in [7, 11) is 0. The molecular formula is C27H26F16N2O4. The lowest BCUT2D eigenvalue weighted by Crippen LogP contribution is -2.64. The second-order valence-corrected chi connectivity index (χ2v) is 10.2. The van der Waals surface area contributed by atoms with Gasteiger partial charge in [0.2, 0.25) is 0 Å². The van der Waals surface area contributed by atoms with E-state index in [9.17, 15) is 70.2 Å². The summed E-state index contributed by atoms with van der Waals surface area (Å²) in [5.41, 5.74) is 1.47. The lowest BCUT2D eigenvalue weighted by Gasteiger charge is -2.36. The number of aromatic nitrogens is 2. The molecule has 0 N–H and O–H groups in total. The Labute approximate surface area is 266 Å². The van der Waals surface area contributed by atoms with E-state index < -0.39 is 68.4 Å². The zero-order chi connectivity index (χ0) is 37.5. The number of benzene rings is 1. The minimum atomic E-state index is -7.96. The van der Waals surface area contributed by atoms with Gasteiger partial charge in [0.05, 0.1) is 6.61 Å². The van der Waals surface area contributed by atoms with Gasteiger partial charge in [0.25, 0.3) is 0 Å². The molecule has 1 aromatic heterocycles. The summed E-state index contributed by atoms with van der Waals surface area (Å²) in [6.45, 7) is -2.76. The lowest BCUT2D eigenvalue weighted by atomic mass is 10.1. The van der Waals surface area contributed by atoms with Crippen molar-refractivity contribution < 1.29 is 89.2 Å². The molecule has 6 nitrogen and oxygen atoms in total. The fourth-order valence-electron chi connectivity index (χ4n) is 3.55. The summed E-state index contributed by atoms with van der Waals surface area (Å²) in [6, 6.07) is 5.68. The highest BCUT2D eigenvalue weighted by atomic mass is 19.4. The summed E-state index contributed by atoms with van der Waals surface area (Å²) in [5.74, 6) is -15.4. The van der Waals surface area contributed by atoms with Gasteiger partial charge in [0, 0.05) is 18.0 Å². The average Bonchev–Trinajstić information content (AvgIpc) is 2.97. The molecule has 0 bridgehead atoms. The first-order valence-electron chi connectivity index (χ1n) is 13.8. The second kappa shape index (κ2) is 15.8. The van der Waals surface area contributed by atoms with E-state index in [-0.39, 0.29) is 5.75 Å². The van der Waals surface area contributed by atoms with Crippen LogP contribution in [0.5, 0.6) is 5.75 Å². The van der Waals surface area contributed by atoms with Crippen molar-refractivity contribution in [2.24, 2.45) is 0 Å². The summed E-state index contributed by atoms with van der Waals surface area (Å²) in [5, 5.41) is 0. The van der Waals surface area contributed by atoms with Gasteiger partial charge in [-0.05, 0) is 42.7 Å². The van der Waals surface area contributed by atoms with E-state index in [1.165, 1.54) is 29.0 Å². The number of aryl methyl sites for hydroxylation is 1. The molecule has 1 aromatic carbocycles. The molecule has 1 unspecified atom stereocenters. The second-order valence-electron chi connectivity index (χ2n) is 10.2. The van der Waals surface area contributed by atoms with Gasteiger partial charge in [-0.2, -0.15) is 65.9 Å². The summed E-state index contributed by atoms with van der Waals surface area (Å²) >= 11 is 0. The van der Waals surface area contributed by atoms with E-state index in [0.29, 0.717) is 11.4 Å². The number of hydrogen-bond acceptors (Lipinski definition) is 6. The number of alkyl halides is 16. The topological polar surface area (TPSA) is 62.7 Å². The molecule has 0 saturated heterocycles. The molecule has 0 saturated carbocycles. The number of ether oxygens (including phenoxy) is 4. The number of rotatable bonds is 20. The van der Waals surface area contributed by atoms with Crippen molar-refractivity contribution in [3.8, 4) is 17.1 Å². The van der Waals surface area contributed by atoms with Crippen LogP contribution in [0.4, 0.5) is 70.2 Å². The molecule has 0 fully saturated rings. The first kappa shape index (κ1) is 42.0. The molecule has 49 heavy (non-hydrogen) atoms. The molecule has 0 aliphatic heterocycles. The first-order valence-corrected chi connectivity index (χ1v) is 13.8. The van der Waals surface area contributed by atoms with Crippen molar-refractivity contribution in [1.82, 2.24) is 9.97 Å². The number of unbranched alkanes of at least 4 members (excludes halogenated alkanes) is 3. The Bertz CT molecular complexity index is 1310. The van der Waals surface area contributed by atoms with Gasteiger partial charge < -0.3 is 9.47 Å². The van der Waals surface area contributed by atoms with E-state index in [4.69, 9.17) is 4.74 Å². The molecule has 280 valence electrons. The average molecular weight is 746 g/mol. The van der Waals surface area contributed by atoms with Crippen LogP contribution in [0.25, 0.3) is 11.4 Å². The summed E-state index contributed by atoms with van der Waals surface area (Å²) in [6.07, 6.45) is -29.4. The quantitative estimate of drug-likeness (QED) is 0.0995. The highest BCUT2D eigenvalue weighted by Crippen LogP contribution is 2.56. The molecule has 0 spiro atoms. The fraction of sp³-hybridized carbons (Fsp3) is 0.630. The number of nitrogens with zero attached hydrogens (tertiary/aromatic N) is 2. The Kier molecular flexibility index (Phi) is 13.6. The molecular weight excluding hydrogens is 720 g/mol. The highest BCUT2D eigenvalue weighted by molar-refractivity contribution is 5.55. The maximum absolute atomic E-state index is 14.0. The molecule has 2 rings (SSSR count). The Hall–Kier alpha value is -3.14. The van der Waals surface area contributed by atoms with Crippen LogP contribution < -0.4 is 4.74 Å². The maximum Gasteiger partial charge on any atom is 0.460 e. The summed E-state index contributed by atoms with van der Waals surface area (Å²) in [4.78, 5) is 8.52. The van der Waals surface area contributed by atoms with Gasteiger partial charge in [0.15, 0.2) is 12.0 Å². The van der Waals surface area contributed by atoms with Crippen molar-refractivity contribution in [3.63, 3.8) is 0 Å². The highest BCUT2D eigenvalue weighted by Gasteiger charge is 2.85. The Morgan fingerprint density at radius 3 is 1.73 bits per heavy atom. The van der Waals surface area contributed by atoms with Crippen LogP contribution in [0.15, 0.2) is 36.7 Å². The van der Waals surface area contributed by atoms with Crippen molar-refractivity contribution in [2.75, 3.05) is 19.8 Å². The SMILES string of the molecule is CCCCCCc1cnc(-c2ccc(OCC(F)COCC(F)(F)OC(F)(F)C(F)(F)OC(F)(F)C(F)(F)C(F)(F)C(F)(F)F)cc2)nc1. The van der Waals surface area contributed by atoms with Crippen molar-refractivity contribution in [1.29, 1.82) is 0 Å². The van der Waals surface area contributed by atoms with Crippen molar-refractivity contribution in [3.05, 3.63) is 42.2 Å². The zero-order valence-corrected chi connectivity index (χ0v) is 24.8. The van der Waals surface area contributed by atoms with Crippen LogP contribution in [-0.4, -0.2) is 78.4 Å². The van der Waals surface area contributed by atoms with Crippen molar-refractivity contribution in [2.45, 2.75) is 87.7 Å². The van der Waals surface area contributed by atoms with Gasteiger partial charge in [-0.25, -0.2) is 23.8 Å². The van der Waals surface area contributed by atoms with E-state index in [1.807, 2.05) is 0 Å². The van der Waals surface area contributed by atoms with E-state index in [1.54, 1.807) is 12.4 Å². The van der Waals surface area contributed by atoms with Crippen LogP contribution in [0.1, 0.15) is 38.2 Å². The third-order valence-electron chi connectivity index (χ3n) is 6.13. The molecule has 0 aliphatic carbocycles. The van der Waals surface area contributed by atoms with Gasteiger partial charge >= 0.3 is 42.5 Å². The fourth-order valence-corrected chi connectivity index (χ4v) is 3.55. The number of hydrogen-bond donors (Lipinski definition) is 0. The van der Waals surface area contributed by atoms with Crippen LogP contribution in [0.2, 0.25) is 0 Å². The lowest BCUT2D eigenvalue weighted by molar-refractivity contribution is -0.543. The Morgan fingerprint density at radius 2 is 1.20 bits per heavy atom. The van der Waals surface area contributed by atoms with Gasteiger partial charge in [-0.1, -0.05) is 26.2 Å². The number of halogens is 16. The molecule has 2 aromatic rings. The van der Waals surface area contributed by atoms with Crippen molar-refractivity contribution >= 4 is 0 Å². The smallest absolute Gasteiger partial charge is 0.460 e. The van der Waals surface area contributed by atoms with Gasteiger partial charge in [-0.15, -0.1) is 0 Å². The minimum Gasteiger partial charge on any atom is -0.490 e. The molecule has 0 amide bonds. The predicted octanol–water partition coefficient (Wildman–Crippen LogP) is 9.24. The Balaban J connectivity index is 1.88. The van der Waals surface area contributed by atoms with Gasteiger partial charge in [0.1, 0.15) is 19.0 Å². The Morgan fingerprint density at radius 1 is 0.653 bits per heavy atom.